The predicted octanol–water partition coefficient (Wildman–Crippen LogP) is 3.41. The normalized spacial score (nSPS) is 11.0. The zero-order valence-corrected chi connectivity index (χ0v) is 11.0. The molecular weight excluding hydrogens is 272 g/mol. The number of nitrogens with zero attached hydrogens (tertiary/aromatic N) is 4. The first-order valence-corrected chi connectivity index (χ1v) is 6.82. The lowest BCUT2D eigenvalue weighted by Gasteiger charge is -1.90. The maximum Gasteiger partial charge on any atom is 0.277 e. The predicted molar refractivity (Wildman–Crippen MR) is 76.1 cm³/mol. The Bertz CT molecular complexity index is 836. The molecule has 96 valence electrons. The first-order chi connectivity index (χ1) is 9.90. The number of thiazole rings is 1. The first kappa shape index (κ1) is 11.2. The van der Waals surface area contributed by atoms with Crippen molar-refractivity contribution in [1.82, 2.24) is 20.2 Å². The van der Waals surface area contributed by atoms with Crippen LogP contribution in [-0.2, 0) is 0 Å². The molecule has 4 rings (SSSR count). The van der Waals surface area contributed by atoms with E-state index in [1.807, 2.05) is 36.4 Å². The third-order valence-electron chi connectivity index (χ3n) is 2.81. The van der Waals surface area contributed by atoms with Gasteiger partial charge in [0.15, 0.2) is 5.01 Å². The molecule has 0 radical (unpaired) electrons. The van der Waals surface area contributed by atoms with Gasteiger partial charge < -0.3 is 4.42 Å². The largest absolute Gasteiger partial charge is 0.414 e. The van der Waals surface area contributed by atoms with Gasteiger partial charge in [0, 0.05) is 12.4 Å². The molecular formula is C14H8N4OS. The topological polar surface area (TPSA) is 64.7 Å². The quantitative estimate of drug-likeness (QED) is 0.563. The van der Waals surface area contributed by atoms with Gasteiger partial charge in [0.2, 0.25) is 5.89 Å². The number of benzene rings is 1. The Labute approximate surface area is 118 Å². The van der Waals surface area contributed by atoms with Gasteiger partial charge in [0.1, 0.15) is 0 Å². The summed E-state index contributed by atoms with van der Waals surface area (Å²) in [5.74, 6) is 0.886. The molecule has 0 fully saturated rings. The molecule has 20 heavy (non-hydrogen) atoms. The molecule has 0 amide bonds. The van der Waals surface area contributed by atoms with Gasteiger partial charge >= 0.3 is 0 Å². The molecule has 0 unspecified atom stereocenters. The molecule has 3 aromatic heterocycles. The van der Waals surface area contributed by atoms with Crippen molar-refractivity contribution in [2.45, 2.75) is 0 Å². The zero-order chi connectivity index (χ0) is 13.4. The average molecular weight is 280 g/mol. The summed E-state index contributed by atoms with van der Waals surface area (Å²) in [6, 6.07) is 11.6. The summed E-state index contributed by atoms with van der Waals surface area (Å²) >= 11 is 1.54. The molecule has 0 saturated heterocycles. The SMILES string of the molecule is c1cncc(-c2nnc(-c3nc4ccccc4s3)o2)c1. The van der Waals surface area contributed by atoms with E-state index in [0.717, 1.165) is 20.8 Å². The first-order valence-electron chi connectivity index (χ1n) is 6.00. The van der Waals surface area contributed by atoms with Crippen molar-refractivity contribution in [2.24, 2.45) is 0 Å². The molecule has 0 aliphatic heterocycles. The van der Waals surface area contributed by atoms with Crippen LogP contribution in [0, 0.1) is 0 Å². The van der Waals surface area contributed by atoms with Gasteiger partial charge in [-0.05, 0) is 24.3 Å². The van der Waals surface area contributed by atoms with Gasteiger partial charge in [-0.1, -0.05) is 12.1 Å². The fraction of sp³-hybridized carbons (Fsp3) is 0. The zero-order valence-electron chi connectivity index (χ0n) is 10.2. The van der Waals surface area contributed by atoms with Crippen LogP contribution < -0.4 is 0 Å². The third kappa shape index (κ3) is 1.86. The summed E-state index contributed by atoms with van der Waals surface area (Å²) in [6.45, 7) is 0. The van der Waals surface area contributed by atoms with E-state index in [9.17, 15) is 0 Å². The second-order valence-electron chi connectivity index (χ2n) is 4.14. The summed E-state index contributed by atoms with van der Waals surface area (Å²) in [7, 11) is 0. The molecule has 0 atom stereocenters. The number of para-hydroxylation sites is 1. The molecule has 3 heterocycles. The standard InChI is InChI=1S/C14H8N4OS/c1-2-6-11-10(5-1)16-14(20-11)13-18-17-12(19-13)9-4-3-7-15-8-9/h1-8H. The fourth-order valence-electron chi connectivity index (χ4n) is 1.88. The van der Waals surface area contributed by atoms with E-state index in [0.29, 0.717) is 11.8 Å². The Morgan fingerprint density at radius 3 is 2.70 bits per heavy atom. The van der Waals surface area contributed by atoms with Gasteiger partial charge in [-0.25, -0.2) is 4.98 Å². The highest BCUT2D eigenvalue weighted by Gasteiger charge is 2.14. The van der Waals surface area contributed by atoms with E-state index in [-0.39, 0.29) is 0 Å². The van der Waals surface area contributed by atoms with Crippen molar-refractivity contribution in [1.29, 1.82) is 0 Å². The van der Waals surface area contributed by atoms with Crippen molar-refractivity contribution >= 4 is 21.6 Å². The minimum absolute atomic E-state index is 0.435. The Morgan fingerprint density at radius 2 is 1.85 bits per heavy atom. The molecule has 0 N–H and O–H groups in total. The smallest absolute Gasteiger partial charge is 0.277 e. The van der Waals surface area contributed by atoms with Crippen molar-refractivity contribution < 1.29 is 4.42 Å². The third-order valence-corrected chi connectivity index (χ3v) is 3.83. The molecule has 6 heteroatoms. The summed E-state index contributed by atoms with van der Waals surface area (Å²) in [5, 5.41) is 8.83. The molecule has 4 aromatic rings. The highest BCUT2D eigenvalue weighted by atomic mass is 32.1. The lowest BCUT2D eigenvalue weighted by molar-refractivity contribution is 0.584. The van der Waals surface area contributed by atoms with Crippen LogP contribution in [0.5, 0.6) is 0 Å². The van der Waals surface area contributed by atoms with Crippen LogP contribution in [0.3, 0.4) is 0 Å². The Balaban J connectivity index is 1.78. The maximum atomic E-state index is 5.67. The average Bonchev–Trinajstić information content (AvgIpc) is 3.14. The summed E-state index contributed by atoms with van der Waals surface area (Å²) in [5.41, 5.74) is 1.74. The van der Waals surface area contributed by atoms with Gasteiger partial charge in [0.25, 0.3) is 5.89 Å². The van der Waals surface area contributed by atoms with E-state index >= 15 is 0 Å². The monoisotopic (exact) mass is 280 g/mol. The van der Waals surface area contributed by atoms with E-state index < -0.39 is 0 Å². The van der Waals surface area contributed by atoms with E-state index in [2.05, 4.69) is 20.2 Å². The molecule has 0 saturated carbocycles. The number of hydrogen-bond donors (Lipinski definition) is 0. The van der Waals surface area contributed by atoms with Crippen molar-refractivity contribution in [3.8, 4) is 22.4 Å². The van der Waals surface area contributed by atoms with Crippen LogP contribution in [0.15, 0.2) is 53.2 Å². The lowest BCUT2D eigenvalue weighted by atomic mass is 10.3. The van der Waals surface area contributed by atoms with E-state index in [4.69, 9.17) is 4.42 Å². The maximum absolute atomic E-state index is 5.67. The van der Waals surface area contributed by atoms with E-state index in [1.165, 1.54) is 11.3 Å². The van der Waals surface area contributed by atoms with Crippen molar-refractivity contribution in [3.05, 3.63) is 48.8 Å². The fourth-order valence-corrected chi connectivity index (χ4v) is 2.77. The highest BCUT2D eigenvalue weighted by molar-refractivity contribution is 7.21. The lowest BCUT2D eigenvalue weighted by Crippen LogP contribution is -1.78. The van der Waals surface area contributed by atoms with Crippen LogP contribution >= 0.6 is 11.3 Å². The van der Waals surface area contributed by atoms with Crippen LogP contribution in [0.1, 0.15) is 0 Å². The van der Waals surface area contributed by atoms with Crippen LogP contribution in [0.4, 0.5) is 0 Å². The number of hydrogen-bond acceptors (Lipinski definition) is 6. The van der Waals surface area contributed by atoms with Crippen molar-refractivity contribution in [3.63, 3.8) is 0 Å². The number of fused-ring (bicyclic) bond motifs is 1. The van der Waals surface area contributed by atoms with E-state index in [1.54, 1.807) is 12.4 Å². The second kappa shape index (κ2) is 4.50. The molecule has 5 nitrogen and oxygen atoms in total. The van der Waals surface area contributed by atoms with Crippen LogP contribution in [0.2, 0.25) is 0 Å². The van der Waals surface area contributed by atoms with Crippen LogP contribution in [0.25, 0.3) is 32.6 Å². The van der Waals surface area contributed by atoms with Gasteiger partial charge in [-0.2, -0.15) is 0 Å². The summed E-state index contributed by atoms with van der Waals surface area (Å²) in [6.07, 6.45) is 3.39. The van der Waals surface area contributed by atoms with Crippen LogP contribution in [-0.4, -0.2) is 20.2 Å². The Kier molecular flexibility index (Phi) is 2.53. The molecule has 0 spiro atoms. The minimum atomic E-state index is 0.435. The molecule has 1 aromatic carbocycles. The molecule has 0 bridgehead atoms. The molecule has 0 aliphatic carbocycles. The van der Waals surface area contributed by atoms with Crippen molar-refractivity contribution in [2.75, 3.05) is 0 Å². The van der Waals surface area contributed by atoms with Gasteiger partial charge in [-0.3, -0.25) is 4.98 Å². The molecule has 0 aliphatic rings. The summed E-state index contributed by atoms with van der Waals surface area (Å²) in [4.78, 5) is 8.53. The number of aromatic nitrogens is 4. The number of rotatable bonds is 2. The minimum Gasteiger partial charge on any atom is -0.414 e. The summed E-state index contributed by atoms with van der Waals surface area (Å²) < 4.78 is 6.77. The second-order valence-corrected chi connectivity index (χ2v) is 5.17. The van der Waals surface area contributed by atoms with Gasteiger partial charge in [-0.15, -0.1) is 21.5 Å². The van der Waals surface area contributed by atoms with Gasteiger partial charge in [0.05, 0.1) is 15.8 Å². The Morgan fingerprint density at radius 1 is 0.950 bits per heavy atom. The Hall–Kier alpha value is -2.60. The highest BCUT2D eigenvalue weighted by Crippen LogP contribution is 2.30. The number of pyridine rings is 1.